The number of nitrogens with zero attached hydrogens (tertiary/aromatic N) is 2. The first-order valence-corrected chi connectivity index (χ1v) is 9.55. The van der Waals surface area contributed by atoms with Crippen molar-refractivity contribution in [3.63, 3.8) is 0 Å². The van der Waals surface area contributed by atoms with Crippen molar-refractivity contribution in [2.45, 2.75) is 32.0 Å². The Morgan fingerprint density at radius 1 is 1.29 bits per heavy atom. The third kappa shape index (κ3) is 4.40. The fraction of sp³-hybridized carbons (Fsp3) is 0.316. The number of esters is 1. The number of carbonyl (C=O) groups excluding carboxylic acids is 1. The van der Waals surface area contributed by atoms with E-state index in [9.17, 15) is 27.6 Å². The molecule has 0 spiro atoms. The van der Waals surface area contributed by atoms with Gasteiger partial charge in [-0.3, -0.25) is 0 Å². The normalized spacial score (nSPS) is 18.5. The summed E-state index contributed by atoms with van der Waals surface area (Å²) in [5.74, 6) is -1.66. The predicted molar refractivity (Wildman–Crippen MR) is 103 cm³/mol. The summed E-state index contributed by atoms with van der Waals surface area (Å²) in [5.41, 5.74) is -3.40. The van der Waals surface area contributed by atoms with Gasteiger partial charge in [0.2, 0.25) is 11.3 Å². The van der Waals surface area contributed by atoms with E-state index in [1.165, 1.54) is 6.92 Å². The highest BCUT2D eigenvalue weighted by atomic mass is 35.5. The van der Waals surface area contributed by atoms with E-state index in [0.29, 0.717) is 6.07 Å². The molecular weight excluding hydrogens is 467 g/mol. The third-order valence-electron chi connectivity index (χ3n) is 4.50. The fourth-order valence-electron chi connectivity index (χ4n) is 2.97. The number of carbonyl (C=O) groups is 1. The van der Waals surface area contributed by atoms with Gasteiger partial charge in [0.1, 0.15) is 16.4 Å². The summed E-state index contributed by atoms with van der Waals surface area (Å²) in [4.78, 5) is 17.3. The maximum absolute atomic E-state index is 14.6. The molecule has 0 radical (unpaired) electrons. The molecule has 0 saturated heterocycles. The largest absolute Gasteiger partial charge is 0.618 e. The van der Waals surface area contributed by atoms with Gasteiger partial charge in [-0.25, -0.2) is 9.18 Å². The van der Waals surface area contributed by atoms with Gasteiger partial charge in [0.25, 0.3) is 0 Å². The van der Waals surface area contributed by atoms with Crippen LogP contribution in [0.25, 0.3) is 11.3 Å². The summed E-state index contributed by atoms with van der Waals surface area (Å²) in [5, 5.41) is 15.4. The summed E-state index contributed by atoms with van der Waals surface area (Å²) in [7, 11) is 0. The van der Waals surface area contributed by atoms with Crippen molar-refractivity contribution in [2.75, 3.05) is 6.61 Å². The number of alkyl halides is 3. The van der Waals surface area contributed by atoms with Crippen LogP contribution in [0.5, 0.6) is 0 Å². The summed E-state index contributed by atoms with van der Waals surface area (Å²) in [6.45, 7) is 3.18. The minimum absolute atomic E-state index is 0.0747. The van der Waals surface area contributed by atoms with Crippen molar-refractivity contribution in [1.29, 1.82) is 0 Å². The van der Waals surface area contributed by atoms with Gasteiger partial charge in [-0.05, 0) is 32.0 Å². The zero-order chi connectivity index (χ0) is 23.1. The first-order chi connectivity index (χ1) is 14.4. The maximum Gasteiger partial charge on any atom is 0.422 e. The molecule has 1 atom stereocenters. The monoisotopic (exact) mass is 480 g/mol. The van der Waals surface area contributed by atoms with E-state index in [1.807, 2.05) is 0 Å². The van der Waals surface area contributed by atoms with Crippen molar-refractivity contribution in [2.24, 2.45) is 5.16 Å². The maximum atomic E-state index is 14.6. The molecule has 166 valence electrons. The smallest absolute Gasteiger partial charge is 0.422 e. The number of halogens is 6. The van der Waals surface area contributed by atoms with Gasteiger partial charge >= 0.3 is 12.1 Å². The number of ether oxygens (including phenoxy) is 1. The van der Waals surface area contributed by atoms with Gasteiger partial charge in [0.15, 0.2) is 6.20 Å². The van der Waals surface area contributed by atoms with Crippen LogP contribution in [0.4, 0.5) is 17.6 Å². The standard InChI is InChI=1S/C19H14Cl2F4N2O4/c1-3-30-17(28)18(2)7-15(26-31-18)10-5-11(14(22)6-12(10)20)16-13(21)4-9(8-27(16)29)19(23,24)25/h4-6,8H,3,7H2,1-2H3. The average Bonchev–Trinajstić information content (AvgIpc) is 3.05. The van der Waals surface area contributed by atoms with Crippen LogP contribution in [0, 0.1) is 11.0 Å². The minimum atomic E-state index is -4.81. The molecule has 1 aromatic heterocycles. The third-order valence-corrected chi connectivity index (χ3v) is 5.11. The summed E-state index contributed by atoms with van der Waals surface area (Å²) in [6.07, 6.45) is -4.64. The molecule has 0 bridgehead atoms. The van der Waals surface area contributed by atoms with Gasteiger partial charge in [-0.1, -0.05) is 28.4 Å². The van der Waals surface area contributed by atoms with E-state index in [2.05, 4.69) is 5.16 Å². The highest BCUT2D eigenvalue weighted by Gasteiger charge is 2.44. The lowest BCUT2D eigenvalue weighted by Gasteiger charge is -2.18. The molecule has 2 heterocycles. The first-order valence-electron chi connectivity index (χ1n) is 8.79. The first kappa shape index (κ1) is 23.1. The fourth-order valence-corrected chi connectivity index (χ4v) is 3.53. The quantitative estimate of drug-likeness (QED) is 0.270. The van der Waals surface area contributed by atoms with Crippen LogP contribution in [-0.4, -0.2) is 23.9 Å². The van der Waals surface area contributed by atoms with Gasteiger partial charge < -0.3 is 14.8 Å². The molecule has 6 nitrogen and oxygen atoms in total. The number of pyridine rings is 1. The van der Waals surface area contributed by atoms with Crippen LogP contribution in [0.1, 0.15) is 31.4 Å². The predicted octanol–water partition coefficient (Wildman–Crippen LogP) is 4.90. The lowest BCUT2D eigenvalue weighted by Crippen LogP contribution is -2.37. The molecular formula is C19H14Cl2F4N2O4. The molecule has 2 aromatic rings. The lowest BCUT2D eigenvalue weighted by atomic mass is 9.94. The van der Waals surface area contributed by atoms with Crippen molar-refractivity contribution in [1.82, 2.24) is 0 Å². The summed E-state index contributed by atoms with van der Waals surface area (Å²) < 4.78 is 58.1. The van der Waals surface area contributed by atoms with Gasteiger partial charge in [-0.2, -0.15) is 17.9 Å². The van der Waals surface area contributed by atoms with E-state index < -0.39 is 45.4 Å². The molecule has 0 fully saturated rings. The number of aromatic nitrogens is 1. The Hall–Kier alpha value is -2.59. The molecule has 31 heavy (non-hydrogen) atoms. The molecule has 1 aliphatic rings. The second-order valence-electron chi connectivity index (χ2n) is 6.82. The number of oxime groups is 1. The molecule has 0 saturated carbocycles. The molecule has 0 aliphatic carbocycles. The molecule has 0 amide bonds. The number of hydrogen-bond donors (Lipinski definition) is 0. The number of hydrogen-bond acceptors (Lipinski definition) is 5. The van der Waals surface area contributed by atoms with Crippen LogP contribution < -0.4 is 4.73 Å². The molecule has 0 N–H and O–H groups in total. The van der Waals surface area contributed by atoms with Crippen molar-refractivity contribution in [3.05, 3.63) is 56.6 Å². The zero-order valence-electron chi connectivity index (χ0n) is 16.0. The number of benzene rings is 1. The Balaban J connectivity index is 2.05. The van der Waals surface area contributed by atoms with Crippen LogP contribution in [0.15, 0.2) is 29.6 Å². The van der Waals surface area contributed by atoms with Gasteiger partial charge in [-0.15, -0.1) is 0 Å². The zero-order valence-corrected chi connectivity index (χ0v) is 17.5. The van der Waals surface area contributed by atoms with Crippen molar-refractivity contribution in [3.8, 4) is 11.3 Å². The Kier molecular flexibility index (Phi) is 6.07. The SMILES string of the molecule is CCOC(=O)C1(C)CC(c2cc(-c3c(Cl)cc(C(F)(F)F)c[n+]3[O-])c(F)cc2Cl)=NO1. The Morgan fingerprint density at radius 3 is 2.55 bits per heavy atom. The molecule has 12 heteroatoms. The summed E-state index contributed by atoms with van der Waals surface area (Å²) >= 11 is 12.0. The van der Waals surface area contributed by atoms with Crippen LogP contribution >= 0.6 is 23.2 Å². The van der Waals surface area contributed by atoms with Crippen molar-refractivity contribution < 1.29 is 36.7 Å². The highest BCUT2D eigenvalue weighted by Crippen LogP contribution is 2.37. The van der Waals surface area contributed by atoms with Gasteiger partial charge in [0.05, 0.1) is 22.9 Å². The highest BCUT2D eigenvalue weighted by molar-refractivity contribution is 6.35. The van der Waals surface area contributed by atoms with E-state index in [-0.39, 0.29) is 40.3 Å². The number of rotatable bonds is 4. The molecule has 1 unspecified atom stereocenters. The molecule has 1 aromatic carbocycles. The van der Waals surface area contributed by atoms with Crippen LogP contribution in [0.3, 0.4) is 0 Å². The van der Waals surface area contributed by atoms with E-state index in [4.69, 9.17) is 32.8 Å². The van der Waals surface area contributed by atoms with E-state index in [1.54, 1.807) is 6.92 Å². The minimum Gasteiger partial charge on any atom is -0.618 e. The molecule has 3 rings (SSSR count). The van der Waals surface area contributed by atoms with Gasteiger partial charge in [0, 0.05) is 12.0 Å². The van der Waals surface area contributed by atoms with Crippen LogP contribution in [-0.2, 0) is 20.5 Å². The average molecular weight is 481 g/mol. The lowest BCUT2D eigenvalue weighted by molar-refractivity contribution is -0.595. The van der Waals surface area contributed by atoms with Crippen LogP contribution in [0.2, 0.25) is 10.0 Å². The second kappa shape index (κ2) is 8.16. The van der Waals surface area contributed by atoms with E-state index in [0.717, 1.165) is 12.1 Å². The van der Waals surface area contributed by atoms with Crippen molar-refractivity contribution >= 4 is 34.9 Å². The van der Waals surface area contributed by atoms with E-state index >= 15 is 0 Å². The topological polar surface area (TPSA) is 74.8 Å². The molecule has 1 aliphatic heterocycles. The summed E-state index contributed by atoms with van der Waals surface area (Å²) in [6, 6.07) is 2.50. The Bertz CT molecular complexity index is 1070. The Labute approximate surface area is 183 Å². The Morgan fingerprint density at radius 2 is 1.97 bits per heavy atom. The second-order valence-corrected chi connectivity index (χ2v) is 7.63.